The second-order valence-corrected chi connectivity index (χ2v) is 6.62. The maximum atomic E-state index is 11.1. The fourth-order valence-corrected chi connectivity index (χ4v) is 3.62. The topological polar surface area (TPSA) is 33.9 Å². The SMILES string of the molecule is CCCOc1ccc([C@H](O)[C@@H](c2ccccc2)[NH+]2CCCC2)cc1. The molecule has 1 fully saturated rings. The lowest BCUT2D eigenvalue weighted by Crippen LogP contribution is -3.10. The molecule has 1 saturated heterocycles. The predicted molar refractivity (Wildman–Crippen MR) is 96.3 cm³/mol. The molecular formula is C21H28NO2+. The van der Waals surface area contributed by atoms with Crippen molar-refractivity contribution in [2.24, 2.45) is 0 Å². The molecule has 3 heteroatoms. The molecule has 0 unspecified atom stereocenters. The van der Waals surface area contributed by atoms with Gasteiger partial charge in [0.2, 0.25) is 0 Å². The molecule has 0 aromatic heterocycles. The van der Waals surface area contributed by atoms with Crippen molar-refractivity contribution in [3.63, 3.8) is 0 Å². The summed E-state index contributed by atoms with van der Waals surface area (Å²) in [6.45, 7) is 5.09. The molecule has 1 aliphatic rings. The number of ether oxygens (including phenoxy) is 1. The first kappa shape index (κ1) is 17.0. The van der Waals surface area contributed by atoms with Crippen LogP contribution in [0.3, 0.4) is 0 Å². The summed E-state index contributed by atoms with van der Waals surface area (Å²) in [4.78, 5) is 1.49. The third kappa shape index (κ3) is 3.97. The van der Waals surface area contributed by atoms with Crippen LogP contribution < -0.4 is 9.64 Å². The largest absolute Gasteiger partial charge is 0.494 e. The van der Waals surface area contributed by atoms with E-state index in [1.165, 1.54) is 23.3 Å². The van der Waals surface area contributed by atoms with E-state index in [9.17, 15) is 5.11 Å². The number of hydrogen-bond donors (Lipinski definition) is 2. The van der Waals surface area contributed by atoms with Gasteiger partial charge in [-0.2, -0.15) is 0 Å². The minimum Gasteiger partial charge on any atom is -0.494 e. The molecule has 24 heavy (non-hydrogen) atoms. The van der Waals surface area contributed by atoms with E-state index in [2.05, 4.69) is 31.2 Å². The zero-order chi connectivity index (χ0) is 16.8. The number of likely N-dealkylation sites (tertiary alicyclic amines) is 1. The van der Waals surface area contributed by atoms with Crippen LogP contribution >= 0.6 is 0 Å². The van der Waals surface area contributed by atoms with Gasteiger partial charge in [0.15, 0.2) is 0 Å². The smallest absolute Gasteiger partial charge is 0.144 e. The highest BCUT2D eigenvalue weighted by atomic mass is 16.5. The van der Waals surface area contributed by atoms with Crippen molar-refractivity contribution >= 4 is 0 Å². The third-order valence-electron chi connectivity index (χ3n) is 4.85. The molecule has 0 bridgehead atoms. The van der Waals surface area contributed by atoms with Crippen molar-refractivity contribution in [2.75, 3.05) is 19.7 Å². The number of hydrogen-bond acceptors (Lipinski definition) is 2. The molecule has 2 aromatic carbocycles. The third-order valence-corrected chi connectivity index (χ3v) is 4.85. The predicted octanol–water partition coefficient (Wildman–Crippen LogP) is 2.93. The lowest BCUT2D eigenvalue weighted by Gasteiger charge is -2.29. The average molecular weight is 326 g/mol. The standard InChI is InChI=1S/C21H27NO2/c1-2-16-24-19-12-10-18(11-13-19)21(23)20(22-14-6-7-15-22)17-8-4-3-5-9-17/h3-5,8-13,20-21,23H,2,6-7,14-16H2,1H3/p+1/t20-,21+/m1/s1. The molecule has 0 aliphatic carbocycles. The molecule has 0 radical (unpaired) electrons. The van der Waals surface area contributed by atoms with Crippen LogP contribution in [0.25, 0.3) is 0 Å². The Morgan fingerprint density at radius 1 is 0.958 bits per heavy atom. The lowest BCUT2D eigenvalue weighted by atomic mass is 9.94. The van der Waals surface area contributed by atoms with Crippen LogP contribution in [0.15, 0.2) is 54.6 Å². The maximum absolute atomic E-state index is 11.1. The Morgan fingerprint density at radius 2 is 1.62 bits per heavy atom. The van der Waals surface area contributed by atoms with E-state index in [0.29, 0.717) is 0 Å². The van der Waals surface area contributed by atoms with Gasteiger partial charge in [-0.3, -0.25) is 0 Å². The van der Waals surface area contributed by atoms with Gasteiger partial charge in [-0.1, -0.05) is 49.4 Å². The molecule has 1 aliphatic heterocycles. The summed E-state index contributed by atoms with van der Waals surface area (Å²) in [6.07, 6.45) is 2.99. The van der Waals surface area contributed by atoms with Crippen LogP contribution in [0.1, 0.15) is 49.5 Å². The quantitative estimate of drug-likeness (QED) is 0.820. The minimum atomic E-state index is -0.499. The van der Waals surface area contributed by atoms with Gasteiger partial charge >= 0.3 is 0 Å². The molecule has 2 atom stereocenters. The zero-order valence-electron chi connectivity index (χ0n) is 14.4. The fourth-order valence-electron chi connectivity index (χ4n) is 3.62. The van der Waals surface area contributed by atoms with E-state index in [1.54, 1.807) is 0 Å². The van der Waals surface area contributed by atoms with Crippen LogP contribution in [0.4, 0.5) is 0 Å². The van der Waals surface area contributed by atoms with E-state index in [1.807, 2.05) is 30.3 Å². The second-order valence-electron chi connectivity index (χ2n) is 6.62. The van der Waals surface area contributed by atoms with E-state index in [4.69, 9.17) is 4.74 Å². The van der Waals surface area contributed by atoms with Gasteiger partial charge < -0.3 is 14.7 Å². The van der Waals surface area contributed by atoms with Crippen LogP contribution in [0.2, 0.25) is 0 Å². The van der Waals surface area contributed by atoms with Gasteiger partial charge in [0, 0.05) is 18.4 Å². The Morgan fingerprint density at radius 3 is 2.25 bits per heavy atom. The average Bonchev–Trinajstić information content (AvgIpc) is 3.15. The second kappa shape index (κ2) is 8.32. The molecule has 1 heterocycles. The van der Waals surface area contributed by atoms with Crippen molar-refractivity contribution in [2.45, 2.75) is 38.3 Å². The van der Waals surface area contributed by atoms with Crippen molar-refractivity contribution in [3.05, 3.63) is 65.7 Å². The van der Waals surface area contributed by atoms with Crippen LogP contribution in [0.5, 0.6) is 5.75 Å². The van der Waals surface area contributed by atoms with Crippen LogP contribution in [0, 0.1) is 0 Å². The van der Waals surface area contributed by atoms with Crippen molar-refractivity contribution in [1.82, 2.24) is 0 Å². The normalized spacial score (nSPS) is 17.6. The number of aliphatic hydroxyl groups excluding tert-OH is 1. The highest BCUT2D eigenvalue weighted by Gasteiger charge is 2.34. The first-order valence-electron chi connectivity index (χ1n) is 9.10. The molecule has 0 spiro atoms. The Hall–Kier alpha value is -1.84. The van der Waals surface area contributed by atoms with E-state index >= 15 is 0 Å². The zero-order valence-corrected chi connectivity index (χ0v) is 14.4. The molecular weight excluding hydrogens is 298 g/mol. The van der Waals surface area contributed by atoms with Crippen molar-refractivity contribution in [1.29, 1.82) is 0 Å². The lowest BCUT2D eigenvalue weighted by molar-refractivity contribution is -0.924. The summed E-state index contributed by atoms with van der Waals surface area (Å²) in [5.74, 6) is 0.873. The van der Waals surface area contributed by atoms with Crippen LogP contribution in [-0.2, 0) is 0 Å². The van der Waals surface area contributed by atoms with Gasteiger partial charge in [-0.05, 0) is 24.1 Å². The summed E-state index contributed by atoms with van der Waals surface area (Å²) in [5.41, 5.74) is 2.18. The van der Waals surface area contributed by atoms with Crippen LogP contribution in [-0.4, -0.2) is 24.8 Å². The number of rotatable bonds is 7. The van der Waals surface area contributed by atoms with Crippen molar-refractivity contribution in [3.8, 4) is 5.75 Å². The van der Waals surface area contributed by atoms with Gasteiger partial charge in [0.05, 0.1) is 19.7 Å². The Bertz CT molecular complexity index is 605. The summed E-state index contributed by atoms with van der Waals surface area (Å²) in [6, 6.07) is 18.5. The fraction of sp³-hybridized carbons (Fsp3) is 0.429. The maximum Gasteiger partial charge on any atom is 0.144 e. The molecule has 3 rings (SSSR count). The molecule has 128 valence electrons. The molecule has 0 amide bonds. The molecule has 2 aromatic rings. The number of benzene rings is 2. The summed E-state index contributed by atoms with van der Waals surface area (Å²) in [5, 5.41) is 11.1. The monoisotopic (exact) mass is 326 g/mol. The first-order valence-corrected chi connectivity index (χ1v) is 9.10. The number of nitrogens with one attached hydrogen (secondary N) is 1. The highest BCUT2D eigenvalue weighted by molar-refractivity contribution is 5.30. The summed E-state index contributed by atoms with van der Waals surface area (Å²) in [7, 11) is 0. The number of quaternary nitrogens is 1. The highest BCUT2D eigenvalue weighted by Crippen LogP contribution is 2.28. The summed E-state index contributed by atoms with van der Waals surface area (Å²) < 4.78 is 5.65. The Balaban J connectivity index is 1.81. The number of aliphatic hydroxyl groups is 1. The van der Waals surface area contributed by atoms with Gasteiger partial charge in [-0.25, -0.2) is 0 Å². The van der Waals surface area contributed by atoms with E-state index < -0.39 is 6.10 Å². The van der Waals surface area contributed by atoms with Crippen molar-refractivity contribution < 1.29 is 14.7 Å². The van der Waals surface area contributed by atoms with Gasteiger partial charge in [0.1, 0.15) is 17.9 Å². The van der Waals surface area contributed by atoms with E-state index in [-0.39, 0.29) is 6.04 Å². The molecule has 0 saturated carbocycles. The molecule has 3 nitrogen and oxygen atoms in total. The Kier molecular flexibility index (Phi) is 5.89. The van der Waals surface area contributed by atoms with E-state index in [0.717, 1.165) is 37.4 Å². The van der Waals surface area contributed by atoms with Gasteiger partial charge in [0.25, 0.3) is 0 Å². The minimum absolute atomic E-state index is 0.0936. The molecule has 2 N–H and O–H groups in total. The first-order chi connectivity index (χ1) is 11.8. The summed E-state index contributed by atoms with van der Waals surface area (Å²) >= 11 is 0. The Labute approximate surface area is 144 Å². The van der Waals surface area contributed by atoms with Gasteiger partial charge in [-0.15, -0.1) is 0 Å².